The lowest BCUT2D eigenvalue weighted by atomic mass is 9.59. The summed E-state index contributed by atoms with van der Waals surface area (Å²) in [6.07, 6.45) is -7.54. The van der Waals surface area contributed by atoms with E-state index in [1.165, 1.54) is 0 Å². The molecule has 52 heavy (non-hydrogen) atoms. The molecule has 4 bridgehead atoms. The van der Waals surface area contributed by atoms with Crippen molar-refractivity contribution in [3.8, 4) is 0 Å². The van der Waals surface area contributed by atoms with Gasteiger partial charge in [-0.3, -0.25) is 0 Å². The lowest BCUT2D eigenvalue weighted by Crippen LogP contribution is -2.67. The second-order valence-corrected chi connectivity index (χ2v) is 17.1. The first-order chi connectivity index (χ1) is 24.3. The fourth-order valence-corrected chi connectivity index (χ4v) is 10.9. The van der Waals surface area contributed by atoms with Crippen LogP contribution in [0, 0.1) is 35.5 Å². The maximum Gasteiger partial charge on any atom is 0.449 e. The highest BCUT2D eigenvalue weighted by Gasteiger charge is 2.72. The van der Waals surface area contributed by atoms with Crippen molar-refractivity contribution in [1.82, 2.24) is 9.80 Å². The van der Waals surface area contributed by atoms with Crippen molar-refractivity contribution in [2.75, 3.05) is 40.3 Å². The maximum absolute atomic E-state index is 14.7. The number of nitrogens with zero attached hydrogens (tertiary/aromatic N) is 2. The van der Waals surface area contributed by atoms with Crippen LogP contribution in [-0.4, -0.2) is 97.8 Å². The van der Waals surface area contributed by atoms with Crippen LogP contribution in [0.4, 0.5) is 26.3 Å². The largest absolute Gasteiger partial charge is 0.456 e. The molecule has 2 spiro atoms. The van der Waals surface area contributed by atoms with Crippen LogP contribution in [0.1, 0.15) is 79.1 Å². The van der Waals surface area contributed by atoms with Gasteiger partial charge < -0.3 is 28.7 Å². The van der Waals surface area contributed by atoms with Gasteiger partial charge in [-0.2, -0.15) is 26.3 Å². The zero-order valence-electron chi connectivity index (χ0n) is 30.5. The van der Waals surface area contributed by atoms with E-state index in [4.69, 9.17) is 38.5 Å². The smallest absolute Gasteiger partial charge is 0.449 e. The monoisotopic (exact) mass is 752 g/mol. The number of allylic oxidation sites excluding steroid dienone is 2. The van der Waals surface area contributed by atoms with Crippen molar-refractivity contribution in [2.45, 2.75) is 127 Å². The molecule has 4 unspecified atom stereocenters. The lowest BCUT2D eigenvalue weighted by molar-refractivity contribution is -0.557. The van der Waals surface area contributed by atoms with Crippen molar-refractivity contribution in [2.24, 2.45) is 35.5 Å². The molecule has 0 radical (unpaired) electrons. The minimum absolute atomic E-state index is 0.0774. The Morgan fingerprint density at radius 1 is 0.596 bits per heavy atom. The number of hydrogen-bond donors (Lipinski definition) is 0. The number of likely N-dealkylation sites (N-methyl/N-ethyl adjacent to an activating group) is 2. The normalized spacial score (nSPS) is 45.7. The molecule has 10 rings (SSSR count). The number of rotatable bonds is 7. The first-order valence-electron chi connectivity index (χ1n) is 18.7. The van der Waals surface area contributed by atoms with E-state index < -0.39 is 71.1 Å². The Morgan fingerprint density at radius 2 is 0.981 bits per heavy atom. The molecule has 2 saturated carbocycles. The molecule has 10 aliphatic rings. The Kier molecular flexibility index (Phi) is 8.90. The van der Waals surface area contributed by atoms with Gasteiger partial charge in [-0.15, -0.1) is 0 Å². The molecule has 8 aliphatic heterocycles. The summed E-state index contributed by atoms with van der Waals surface area (Å²) < 4.78 is 112. The zero-order chi connectivity index (χ0) is 37.2. The highest BCUT2D eigenvalue weighted by atomic mass is 19.4. The average molecular weight is 753 g/mol. The quantitative estimate of drug-likeness (QED) is 0.201. The van der Waals surface area contributed by atoms with Crippen LogP contribution in [0.3, 0.4) is 0 Å². The van der Waals surface area contributed by atoms with Gasteiger partial charge in [-0.25, -0.2) is 19.6 Å². The van der Waals surface area contributed by atoms with E-state index in [-0.39, 0.29) is 61.0 Å². The molecule has 0 aromatic rings. The molecule has 2 aliphatic carbocycles. The molecule has 0 amide bonds. The van der Waals surface area contributed by atoms with Crippen molar-refractivity contribution >= 4 is 0 Å². The van der Waals surface area contributed by atoms with E-state index in [2.05, 4.69) is 13.8 Å². The Bertz CT molecular complexity index is 1380. The molecular weight excluding hydrogens is 702 g/mol. The summed E-state index contributed by atoms with van der Waals surface area (Å²) in [5.41, 5.74) is -2.30. The summed E-state index contributed by atoms with van der Waals surface area (Å²) in [5.74, 6) is -5.84. The zero-order valence-corrected chi connectivity index (χ0v) is 30.5. The van der Waals surface area contributed by atoms with Crippen LogP contribution in [0.15, 0.2) is 22.7 Å². The summed E-state index contributed by atoms with van der Waals surface area (Å²) in [7, 11) is 3.41. The lowest BCUT2D eigenvalue weighted by Gasteiger charge is -2.57. The highest BCUT2D eigenvalue weighted by Crippen LogP contribution is 2.63. The van der Waals surface area contributed by atoms with E-state index in [9.17, 15) is 26.3 Å². The third-order valence-electron chi connectivity index (χ3n) is 13.6. The highest BCUT2D eigenvalue weighted by molar-refractivity contribution is 5.30. The topological polar surface area (TPSA) is 80.3 Å². The molecule has 10 nitrogen and oxygen atoms in total. The van der Waals surface area contributed by atoms with Gasteiger partial charge in [0.15, 0.2) is 11.2 Å². The van der Waals surface area contributed by atoms with E-state index >= 15 is 0 Å². The number of alkyl halides is 6. The van der Waals surface area contributed by atoms with Gasteiger partial charge in [0.25, 0.3) is 0 Å². The summed E-state index contributed by atoms with van der Waals surface area (Å²) >= 11 is 0. The third-order valence-corrected chi connectivity index (χ3v) is 13.6. The molecule has 16 heteroatoms. The third kappa shape index (κ3) is 5.74. The Labute approximate surface area is 299 Å². The van der Waals surface area contributed by atoms with Gasteiger partial charge in [0.05, 0.1) is 0 Å². The van der Waals surface area contributed by atoms with Gasteiger partial charge in [0.1, 0.15) is 0 Å². The molecule has 12 atom stereocenters. The Hall–Kier alpha value is -1.66. The molecule has 6 saturated heterocycles. The summed E-state index contributed by atoms with van der Waals surface area (Å²) in [6, 6.07) is 0. The Balaban J connectivity index is 1.03. The second kappa shape index (κ2) is 12.4. The van der Waals surface area contributed by atoms with E-state index in [1.54, 1.807) is 37.7 Å². The number of ether oxygens (including phenoxy) is 4. The van der Waals surface area contributed by atoms with Crippen LogP contribution in [0.5, 0.6) is 0 Å². The van der Waals surface area contributed by atoms with Crippen molar-refractivity contribution < 1.29 is 64.8 Å². The fourth-order valence-electron chi connectivity index (χ4n) is 10.9. The second-order valence-electron chi connectivity index (χ2n) is 17.1. The number of halogens is 6. The molecular formula is C36H50F6N2O8. The van der Waals surface area contributed by atoms with Crippen LogP contribution in [-0.2, 0) is 38.5 Å². The SMILES string of the molecule is C[C@@H]1CC[C@H]2C(CN(C)CCN(C)CC3=C(C(F)(F)F)O[C@@H]4OC5(C)CCC6[C@H](C)CC[C@@H]3[C@]64OO5)=C(C(F)(F)F)O[C@@H]3OC4(C)CCC1[C@]32OO4. The van der Waals surface area contributed by atoms with E-state index in [0.717, 1.165) is 0 Å². The molecule has 8 heterocycles. The molecule has 0 aromatic heterocycles. The van der Waals surface area contributed by atoms with Crippen molar-refractivity contribution in [3.63, 3.8) is 0 Å². The van der Waals surface area contributed by atoms with E-state index in [0.29, 0.717) is 51.4 Å². The maximum atomic E-state index is 14.7. The van der Waals surface area contributed by atoms with Crippen LogP contribution in [0.25, 0.3) is 0 Å². The van der Waals surface area contributed by atoms with E-state index in [1.807, 2.05) is 0 Å². The Morgan fingerprint density at radius 3 is 1.35 bits per heavy atom. The molecule has 294 valence electrons. The summed E-state index contributed by atoms with van der Waals surface area (Å²) in [6.45, 7) is 7.83. The summed E-state index contributed by atoms with van der Waals surface area (Å²) in [5, 5.41) is 0. The van der Waals surface area contributed by atoms with Gasteiger partial charge in [-0.05, 0) is 89.4 Å². The van der Waals surface area contributed by atoms with Crippen LogP contribution in [0.2, 0.25) is 0 Å². The van der Waals surface area contributed by atoms with Gasteiger partial charge in [-0.1, -0.05) is 13.8 Å². The predicted octanol–water partition coefficient (Wildman–Crippen LogP) is 6.97. The van der Waals surface area contributed by atoms with Crippen molar-refractivity contribution in [1.29, 1.82) is 0 Å². The minimum Gasteiger partial charge on any atom is -0.456 e. The van der Waals surface area contributed by atoms with Crippen LogP contribution < -0.4 is 0 Å². The van der Waals surface area contributed by atoms with Crippen molar-refractivity contribution in [3.05, 3.63) is 22.7 Å². The average Bonchev–Trinajstić information content (AvgIpc) is 3.43. The van der Waals surface area contributed by atoms with Gasteiger partial charge >= 0.3 is 12.4 Å². The fraction of sp³-hybridized carbons (Fsp3) is 0.889. The minimum atomic E-state index is -4.78. The van der Waals surface area contributed by atoms with Crippen LogP contribution >= 0.6 is 0 Å². The first kappa shape index (κ1) is 37.3. The standard InChI is InChI=1S/C36H50F6N2O8/c1-19-7-9-25-21(27(35(37,38)39)45-29-33(25)23(19)11-13-31(3,47-29)49-51-33)17-43(5)15-16-44(6)18-22-26-10-8-20(2)24-12-14-32(4)48-30(34(24,26)52-50-32)46-28(22)36(40,41)42/h19-20,23-26,29-30H,7-18H2,1-6H3/t19-,20-,23?,24?,25+,26+,29-,30-,31?,32?,33-,34-/m1/s1. The first-order valence-corrected chi connectivity index (χ1v) is 18.7. The molecule has 8 fully saturated rings. The molecule has 0 N–H and O–H groups in total. The number of hydrogen-bond acceptors (Lipinski definition) is 10. The predicted molar refractivity (Wildman–Crippen MR) is 169 cm³/mol. The number of fused-ring (bicyclic) bond motifs is 4. The molecule has 0 aromatic carbocycles. The summed E-state index contributed by atoms with van der Waals surface area (Å²) in [4.78, 5) is 27.2. The van der Waals surface area contributed by atoms with Gasteiger partial charge in [0.2, 0.25) is 35.7 Å². The van der Waals surface area contributed by atoms with Gasteiger partial charge in [0, 0.05) is 62.7 Å².